The molecule has 2 heterocycles. The van der Waals surface area contributed by atoms with Crippen LogP contribution in [0.25, 0.3) is 0 Å². The Hall–Kier alpha value is -2.83. The molecule has 2 aromatic carbocycles. The molecule has 34 heavy (non-hydrogen) atoms. The molecule has 182 valence electrons. The minimum absolute atomic E-state index is 0.232. The summed E-state index contributed by atoms with van der Waals surface area (Å²) in [5.41, 5.74) is 3.34. The number of methoxy groups -OCH3 is 1. The van der Waals surface area contributed by atoms with Gasteiger partial charge in [0.15, 0.2) is 0 Å². The molecule has 0 radical (unpaired) electrons. The molecule has 0 saturated carbocycles. The van der Waals surface area contributed by atoms with E-state index in [0.29, 0.717) is 13.2 Å². The van der Waals surface area contributed by atoms with Crippen molar-refractivity contribution in [3.8, 4) is 11.5 Å². The van der Waals surface area contributed by atoms with Crippen molar-refractivity contribution in [2.75, 3.05) is 33.4 Å². The minimum Gasteiger partial charge on any atom is -0.492 e. The van der Waals surface area contributed by atoms with Gasteiger partial charge in [-0.2, -0.15) is 5.10 Å². The van der Waals surface area contributed by atoms with E-state index in [1.54, 1.807) is 0 Å². The Morgan fingerprint density at radius 1 is 0.882 bits per heavy atom. The highest BCUT2D eigenvalue weighted by Crippen LogP contribution is 2.28. The number of nitrogens with zero attached hydrogens (tertiary/aromatic N) is 3. The molecule has 1 aliphatic heterocycles. The van der Waals surface area contributed by atoms with Gasteiger partial charge in [0.2, 0.25) is 0 Å². The fourth-order valence-corrected chi connectivity index (χ4v) is 4.43. The van der Waals surface area contributed by atoms with Crippen molar-refractivity contribution in [2.24, 2.45) is 0 Å². The predicted molar refractivity (Wildman–Crippen MR) is 134 cm³/mol. The van der Waals surface area contributed by atoms with Gasteiger partial charge in [0.25, 0.3) is 0 Å². The van der Waals surface area contributed by atoms with Crippen molar-refractivity contribution in [3.05, 3.63) is 77.6 Å². The third-order valence-corrected chi connectivity index (χ3v) is 6.64. The van der Waals surface area contributed by atoms with Gasteiger partial charge >= 0.3 is 0 Å². The Kier molecular flexibility index (Phi) is 8.25. The molecule has 0 bridgehead atoms. The molecule has 0 amide bonds. The number of hydrogen-bond acceptors (Lipinski definition) is 5. The number of hydrogen-bond donors (Lipinski definition) is 0. The van der Waals surface area contributed by atoms with Crippen molar-refractivity contribution in [2.45, 2.75) is 51.8 Å². The lowest BCUT2D eigenvalue weighted by atomic mass is 9.95. The number of likely N-dealkylation sites (tertiary alicyclic amines) is 1. The van der Waals surface area contributed by atoms with E-state index in [4.69, 9.17) is 14.2 Å². The Morgan fingerprint density at radius 2 is 1.62 bits per heavy atom. The van der Waals surface area contributed by atoms with Gasteiger partial charge in [-0.25, -0.2) is 0 Å². The molecule has 0 N–H and O–H groups in total. The molecule has 1 unspecified atom stereocenters. The van der Waals surface area contributed by atoms with Crippen molar-refractivity contribution in [1.29, 1.82) is 0 Å². The maximum atomic E-state index is 6.12. The molecule has 6 nitrogen and oxygen atoms in total. The van der Waals surface area contributed by atoms with Crippen LogP contribution >= 0.6 is 0 Å². The van der Waals surface area contributed by atoms with E-state index < -0.39 is 0 Å². The monoisotopic (exact) mass is 463 g/mol. The van der Waals surface area contributed by atoms with Crippen molar-refractivity contribution < 1.29 is 14.2 Å². The third kappa shape index (κ3) is 6.84. The number of rotatable bonds is 10. The summed E-state index contributed by atoms with van der Waals surface area (Å²) >= 11 is 0. The zero-order chi connectivity index (χ0) is 23.8. The van der Waals surface area contributed by atoms with Gasteiger partial charge in [-0.05, 0) is 75.5 Å². The lowest BCUT2D eigenvalue weighted by Crippen LogP contribution is -2.39. The molecule has 6 heteroatoms. The highest BCUT2D eigenvalue weighted by molar-refractivity contribution is 5.27. The summed E-state index contributed by atoms with van der Waals surface area (Å²) in [6.07, 6.45) is 5.05. The summed E-state index contributed by atoms with van der Waals surface area (Å²) in [4.78, 5) is 2.52. The van der Waals surface area contributed by atoms with Gasteiger partial charge in [0.05, 0.1) is 12.2 Å². The Labute approximate surface area is 203 Å². The molecular weight excluding hydrogens is 426 g/mol. The smallest absolute Gasteiger partial charge is 0.119 e. The van der Waals surface area contributed by atoms with Gasteiger partial charge in [0, 0.05) is 26.4 Å². The Morgan fingerprint density at radius 3 is 2.32 bits per heavy atom. The van der Waals surface area contributed by atoms with E-state index in [2.05, 4.69) is 53.3 Å². The summed E-state index contributed by atoms with van der Waals surface area (Å²) in [7, 11) is 1.82. The van der Waals surface area contributed by atoms with Crippen LogP contribution in [0, 0.1) is 13.8 Å². The second-order valence-electron chi connectivity index (χ2n) is 9.33. The summed E-state index contributed by atoms with van der Waals surface area (Å²) in [6, 6.07) is 18.7. The van der Waals surface area contributed by atoms with Crippen LogP contribution in [0.5, 0.6) is 11.5 Å². The van der Waals surface area contributed by atoms with Crippen LogP contribution in [0.1, 0.15) is 36.1 Å². The maximum Gasteiger partial charge on any atom is 0.119 e. The van der Waals surface area contributed by atoms with Crippen LogP contribution in [0.2, 0.25) is 0 Å². The third-order valence-electron chi connectivity index (χ3n) is 6.64. The highest BCUT2D eigenvalue weighted by atomic mass is 16.5. The van der Waals surface area contributed by atoms with Crippen LogP contribution in [0.4, 0.5) is 0 Å². The quantitative estimate of drug-likeness (QED) is 0.422. The molecule has 1 fully saturated rings. The van der Waals surface area contributed by atoms with Crippen LogP contribution in [0.15, 0.2) is 60.8 Å². The predicted octanol–water partition coefficient (Wildman–Crippen LogP) is 5.03. The molecule has 4 rings (SSSR count). The van der Waals surface area contributed by atoms with Crippen molar-refractivity contribution in [1.82, 2.24) is 14.7 Å². The molecule has 3 aromatic rings. The number of ether oxygens (including phenoxy) is 3. The molecular formula is C28H37N3O3. The molecule has 1 aromatic heterocycles. The molecule has 0 spiro atoms. The summed E-state index contributed by atoms with van der Waals surface area (Å²) in [6.45, 7) is 9.02. The first-order valence-corrected chi connectivity index (χ1v) is 12.2. The van der Waals surface area contributed by atoms with Gasteiger partial charge in [-0.15, -0.1) is 0 Å². The minimum atomic E-state index is -0.232. The van der Waals surface area contributed by atoms with Crippen LogP contribution in [-0.4, -0.2) is 53.7 Å². The van der Waals surface area contributed by atoms with Crippen LogP contribution in [-0.2, 0) is 17.8 Å². The average molecular weight is 464 g/mol. The zero-order valence-electron chi connectivity index (χ0n) is 20.7. The first-order chi connectivity index (χ1) is 16.5. The van der Waals surface area contributed by atoms with E-state index in [1.165, 1.54) is 11.1 Å². The highest BCUT2D eigenvalue weighted by Gasteiger charge is 2.33. The first kappa shape index (κ1) is 24.3. The lowest BCUT2D eigenvalue weighted by Gasteiger charge is -2.31. The summed E-state index contributed by atoms with van der Waals surface area (Å²) in [5, 5.41) is 4.39. The summed E-state index contributed by atoms with van der Waals surface area (Å²) in [5.74, 6) is 1.81. The second kappa shape index (κ2) is 11.5. The van der Waals surface area contributed by atoms with Crippen LogP contribution < -0.4 is 9.47 Å². The second-order valence-corrected chi connectivity index (χ2v) is 9.33. The topological polar surface area (TPSA) is 48.8 Å². The fourth-order valence-electron chi connectivity index (χ4n) is 4.43. The van der Waals surface area contributed by atoms with Gasteiger partial charge in [-0.3, -0.25) is 9.58 Å². The van der Waals surface area contributed by atoms with E-state index >= 15 is 0 Å². The number of benzene rings is 2. The molecule has 1 saturated heterocycles. The van der Waals surface area contributed by atoms with Crippen molar-refractivity contribution in [3.63, 3.8) is 0 Å². The van der Waals surface area contributed by atoms with E-state index in [9.17, 15) is 0 Å². The van der Waals surface area contributed by atoms with E-state index in [1.807, 2.05) is 43.1 Å². The van der Waals surface area contributed by atoms with Gasteiger partial charge < -0.3 is 14.2 Å². The fraction of sp³-hybridized carbons (Fsp3) is 0.464. The lowest BCUT2D eigenvalue weighted by molar-refractivity contribution is -0.0541. The standard InChI is InChI=1S/C28H37N3O3/c1-23-5-9-27(10-6-23)34-22-28(32-3)14-4-16-30(18-15-28)21-25-7-11-26(12-8-25)33-20-19-31-17-13-24(2)29-31/h5-13,17H,4,14-16,18-22H2,1-3H3. The van der Waals surface area contributed by atoms with E-state index in [-0.39, 0.29) is 5.60 Å². The van der Waals surface area contributed by atoms with E-state index in [0.717, 1.165) is 62.6 Å². The SMILES string of the molecule is COC1(COc2ccc(C)cc2)CCCN(Cc2ccc(OCCn3ccc(C)n3)cc2)CC1. The zero-order valence-corrected chi connectivity index (χ0v) is 20.7. The number of aryl methyl sites for hydroxylation is 2. The normalized spacial score (nSPS) is 19.0. The molecule has 1 aliphatic rings. The van der Waals surface area contributed by atoms with Gasteiger partial charge in [-0.1, -0.05) is 29.8 Å². The Balaban J connectivity index is 1.24. The maximum absolute atomic E-state index is 6.12. The molecule has 0 aliphatic carbocycles. The summed E-state index contributed by atoms with van der Waals surface area (Å²) < 4.78 is 19.9. The van der Waals surface area contributed by atoms with Gasteiger partial charge in [0.1, 0.15) is 30.3 Å². The largest absolute Gasteiger partial charge is 0.492 e. The first-order valence-electron chi connectivity index (χ1n) is 12.2. The van der Waals surface area contributed by atoms with Crippen molar-refractivity contribution >= 4 is 0 Å². The number of aromatic nitrogens is 2. The van der Waals surface area contributed by atoms with Crippen LogP contribution in [0.3, 0.4) is 0 Å². The molecule has 1 atom stereocenters. The average Bonchev–Trinajstić information content (AvgIpc) is 3.16. The Bertz CT molecular complexity index is 1020.